The van der Waals surface area contributed by atoms with Crippen molar-refractivity contribution in [2.45, 2.75) is 65.1 Å². The topological polar surface area (TPSA) is 177 Å². The fourth-order valence-corrected chi connectivity index (χ4v) is 2.12. The number of primary amides is 1. The fourth-order valence-electron chi connectivity index (χ4n) is 2.12. The fraction of sp³-hybridized carbons (Fsp3) is 0.706. The van der Waals surface area contributed by atoms with Gasteiger partial charge in [-0.1, -0.05) is 13.8 Å². The minimum atomic E-state index is -1.35. The molecule has 0 aromatic rings. The van der Waals surface area contributed by atoms with Crippen molar-refractivity contribution in [3.63, 3.8) is 0 Å². The van der Waals surface area contributed by atoms with Crippen molar-refractivity contribution in [2.75, 3.05) is 6.54 Å². The predicted molar refractivity (Wildman–Crippen MR) is 99.0 cm³/mol. The number of hydrogen-bond donors (Lipinski definition) is 5. The SMILES string of the molecule is CC(C)CC(NC(=O)C(CC(N)=O)NC(=O)OC(C)(C)C)C(=O)NCC(=O)O. The minimum Gasteiger partial charge on any atom is -0.480 e. The summed E-state index contributed by atoms with van der Waals surface area (Å²) in [6.07, 6.45) is -1.21. The van der Waals surface area contributed by atoms with Crippen LogP contribution in [-0.4, -0.2) is 59.1 Å². The molecule has 11 nitrogen and oxygen atoms in total. The number of carbonyl (C=O) groups excluding carboxylic acids is 4. The van der Waals surface area contributed by atoms with E-state index in [0.29, 0.717) is 0 Å². The maximum absolute atomic E-state index is 12.5. The Morgan fingerprint density at radius 1 is 1.00 bits per heavy atom. The molecule has 6 N–H and O–H groups in total. The number of carbonyl (C=O) groups is 5. The molecule has 2 atom stereocenters. The third-order valence-corrected chi connectivity index (χ3v) is 3.17. The molecule has 0 aromatic heterocycles. The number of aliphatic carboxylic acids is 1. The first-order valence-corrected chi connectivity index (χ1v) is 8.79. The van der Waals surface area contributed by atoms with Crippen molar-refractivity contribution in [3.8, 4) is 0 Å². The highest BCUT2D eigenvalue weighted by Gasteiger charge is 2.30. The molecule has 0 aromatic carbocycles. The molecule has 0 saturated carbocycles. The predicted octanol–water partition coefficient (Wildman–Crippen LogP) is -0.513. The Labute approximate surface area is 163 Å². The second kappa shape index (κ2) is 11.1. The average molecular weight is 402 g/mol. The van der Waals surface area contributed by atoms with Crippen LogP contribution in [0.15, 0.2) is 0 Å². The van der Waals surface area contributed by atoms with Crippen molar-refractivity contribution >= 4 is 29.8 Å². The second-order valence-electron chi connectivity index (χ2n) is 7.67. The van der Waals surface area contributed by atoms with E-state index in [4.69, 9.17) is 15.6 Å². The number of carboxylic acids is 1. The van der Waals surface area contributed by atoms with Gasteiger partial charge in [0.1, 0.15) is 24.2 Å². The number of nitrogens with one attached hydrogen (secondary N) is 3. The first-order chi connectivity index (χ1) is 12.7. The van der Waals surface area contributed by atoms with Gasteiger partial charge in [-0.15, -0.1) is 0 Å². The van der Waals surface area contributed by atoms with Gasteiger partial charge >= 0.3 is 12.1 Å². The Hall–Kier alpha value is -2.85. The molecule has 28 heavy (non-hydrogen) atoms. The molecule has 0 bridgehead atoms. The van der Waals surface area contributed by atoms with Crippen LogP contribution in [-0.2, 0) is 23.9 Å². The number of alkyl carbamates (subject to hydrolysis) is 1. The molecule has 0 fully saturated rings. The van der Waals surface area contributed by atoms with Crippen LogP contribution in [0.5, 0.6) is 0 Å². The van der Waals surface area contributed by atoms with Gasteiger partial charge < -0.3 is 31.5 Å². The first-order valence-electron chi connectivity index (χ1n) is 8.79. The van der Waals surface area contributed by atoms with Gasteiger partial charge in [-0.25, -0.2) is 4.79 Å². The van der Waals surface area contributed by atoms with E-state index in [9.17, 15) is 24.0 Å². The molecule has 0 spiro atoms. The van der Waals surface area contributed by atoms with E-state index in [1.807, 2.05) is 13.8 Å². The van der Waals surface area contributed by atoms with Crippen molar-refractivity contribution in [1.29, 1.82) is 0 Å². The second-order valence-corrected chi connectivity index (χ2v) is 7.67. The summed E-state index contributed by atoms with van der Waals surface area (Å²) in [4.78, 5) is 58.5. The highest BCUT2D eigenvalue weighted by Crippen LogP contribution is 2.09. The number of nitrogens with two attached hydrogens (primary N) is 1. The monoisotopic (exact) mass is 402 g/mol. The Morgan fingerprint density at radius 2 is 1.57 bits per heavy atom. The van der Waals surface area contributed by atoms with Crippen molar-refractivity contribution < 1.29 is 33.8 Å². The molecule has 160 valence electrons. The van der Waals surface area contributed by atoms with Gasteiger partial charge in [-0.2, -0.15) is 0 Å². The van der Waals surface area contributed by atoms with Gasteiger partial charge in [-0.05, 0) is 33.1 Å². The van der Waals surface area contributed by atoms with Crippen LogP contribution in [0.4, 0.5) is 4.79 Å². The molecule has 11 heteroatoms. The van der Waals surface area contributed by atoms with E-state index in [0.717, 1.165) is 0 Å². The van der Waals surface area contributed by atoms with Crippen LogP contribution in [0.25, 0.3) is 0 Å². The highest BCUT2D eigenvalue weighted by molar-refractivity contribution is 5.94. The standard InChI is InChI=1S/C17H30N4O7/c1-9(2)6-10(14(25)19-8-13(23)24)20-15(26)11(7-12(18)22)21-16(27)28-17(3,4)5/h9-11H,6-8H2,1-5H3,(H2,18,22)(H,19,25)(H,20,26)(H,21,27)(H,23,24). The van der Waals surface area contributed by atoms with E-state index >= 15 is 0 Å². The molecule has 0 heterocycles. The van der Waals surface area contributed by atoms with Gasteiger partial charge in [0.15, 0.2) is 0 Å². The number of hydrogen-bond acceptors (Lipinski definition) is 6. The lowest BCUT2D eigenvalue weighted by Crippen LogP contribution is -2.55. The number of carboxylic acid groups (broad SMARTS) is 1. The summed E-state index contributed by atoms with van der Waals surface area (Å²) < 4.78 is 5.06. The van der Waals surface area contributed by atoms with Crippen LogP contribution < -0.4 is 21.7 Å². The Kier molecular flexibility index (Phi) is 9.97. The largest absolute Gasteiger partial charge is 0.480 e. The van der Waals surface area contributed by atoms with Gasteiger partial charge in [-0.3, -0.25) is 19.2 Å². The summed E-state index contributed by atoms with van der Waals surface area (Å²) in [6.45, 7) is 7.89. The number of rotatable bonds is 10. The quantitative estimate of drug-likeness (QED) is 0.326. The summed E-state index contributed by atoms with van der Waals surface area (Å²) >= 11 is 0. The van der Waals surface area contributed by atoms with Gasteiger partial charge in [0.2, 0.25) is 17.7 Å². The molecular formula is C17H30N4O7. The molecule has 0 rings (SSSR count). The smallest absolute Gasteiger partial charge is 0.408 e. The lowest BCUT2D eigenvalue weighted by atomic mass is 10.0. The van der Waals surface area contributed by atoms with Crippen LogP contribution in [0.1, 0.15) is 47.5 Å². The molecule has 4 amide bonds. The third-order valence-electron chi connectivity index (χ3n) is 3.17. The van der Waals surface area contributed by atoms with Crippen LogP contribution in [0, 0.1) is 5.92 Å². The van der Waals surface area contributed by atoms with Crippen LogP contribution in [0.2, 0.25) is 0 Å². The summed E-state index contributed by atoms with van der Waals surface area (Å²) in [5.74, 6) is -3.59. The Balaban J connectivity index is 5.22. The minimum absolute atomic E-state index is 0.00529. The van der Waals surface area contributed by atoms with E-state index < -0.39 is 60.4 Å². The Bertz CT molecular complexity index is 599. The van der Waals surface area contributed by atoms with Gasteiger partial charge in [0, 0.05) is 0 Å². The summed E-state index contributed by atoms with van der Waals surface area (Å²) in [6, 6.07) is -2.41. The zero-order chi connectivity index (χ0) is 22.1. The highest BCUT2D eigenvalue weighted by atomic mass is 16.6. The lowest BCUT2D eigenvalue weighted by Gasteiger charge is -2.25. The van der Waals surface area contributed by atoms with Gasteiger partial charge in [0.25, 0.3) is 0 Å². The summed E-state index contributed by atoms with van der Waals surface area (Å²) in [7, 11) is 0. The van der Waals surface area contributed by atoms with E-state index in [1.54, 1.807) is 20.8 Å². The van der Waals surface area contributed by atoms with Crippen molar-refractivity contribution in [3.05, 3.63) is 0 Å². The van der Waals surface area contributed by atoms with E-state index in [-0.39, 0.29) is 12.3 Å². The third kappa shape index (κ3) is 11.7. The molecule has 0 radical (unpaired) electrons. The molecule has 2 unspecified atom stereocenters. The molecule has 0 aliphatic rings. The normalized spacial score (nSPS) is 13.2. The molecule has 0 saturated heterocycles. The van der Waals surface area contributed by atoms with E-state index in [1.165, 1.54) is 0 Å². The first kappa shape index (κ1) is 25.1. The molecule has 0 aliphatic heterocycles. The summed E-state index contributed by atoms with van der Waals surface area (Å²) in [5, 5.41) is 15.5. The molecular weight excluding hydrogens is 372 g/mol. The zero-order valence-electron chi connectivity index (χ0n) is 16.8. The van der Waals surface area contributed by atoms with Gasteiger partial charge in [0.05, 0.1) is 6.42 Å². The summed E-state index contributed by atoms with van der Waals surface area (Å²) in [5.41, 5.74) is 4.31. The maximum Gasteiger partial charge on any atom is 0.408 e. The number of ether oxygens (including phenoxy) is 1. The molecule has 0 aliphatic carbocycles. The van der Waals surface area contributed by atoms with Crippen molar-refractivity contribution in [1.82, 2.24) is 16.0 Å². The lowest BCUT2D eigenvalue weighted by molar-refractivity contribution is -0.138. The van der Waals surface area contributed by atoms with Crippen LogP contribution >= 0.6 is 0 Å². The zero-order valence-corrected chi connectivity index (χ0v) is 16.8. The van der Waals surface area contributed by atoms with Crippen LogP contribution in [0.3, 0.4) is 0 Å². The number of amides is 4. The Morgan fingerprint density at radius 3 is 2.00 bits per heavy atom. The average Bonchev–Trinajstić information content (AvgIpc) is 2.48. The van der Waals surface area contributed by atoms with Crippen molar-refractivity contribution in [2.24, 2.45) is 11.7 Å². The maximum atomic E-state index is 12.5. The van der Waals surface area contributed by atoms with E-state index in [2.05, 4.69) is 16.0 Å².